The first-order chi connectivity index (χ1) is 9.65. The molecule has 2 aromatic rings. The number of nitrogens with zero attached hydrogens (tertiary/aromatic N) is 1. The molecule has 106 valence electrons. The van der Waals surface area contributed by atoms with Crippen molar-refractivity contribution >= 4 is 5.82 Å². The van der Waals surface area contributed by atoms with Crippen LogP contribution in [0.2, 0.25) is 0 Å². The SMILES string of the molecule is CC1CCC(c2[nH]nc(N)c2-c2cccc(F)c2)CC1. The predicted octanol–water partition coefficient (Wildman–Crippen LogP) is 4.09. The third-order valence-electron chi connectivity index (χ3n) is 4.36. The third-order valence-corrected chi connectivity index (χ3v) is 4.36. The van der Waals surface area contributed by atoms with E-state index in [0.29, 0.717) is 11.7 Å². The van der Waals surface area contributed by atoms with Crippen molar-refractivity contribution in [2.45, 2.75) is 38.5 Å². The summed E-state index contributed by atoms with van der Waals surface area (Å²) < 4.78 is 13.4. The van der Waals surface area contributed by atoms with E-state index >= 15 is 0 Å². The Morgan fingerprint density at radius 1 is 1.25 bits per heavy atom. The molecule has 1 aliphatic carbocycles. The zero-order valence-corrected chi connectivity index (χ0v) is 11.7. The Balaban J connectivity index is 1.97. The summed E-state index contributed by atoms with van der Waals surface area (Å²) >= 11 is 0. The van der Waals surface area contributed by atoms with Gasteiger partial charge < -0.3 is 5.73 Å². The molecule has 0 radical (unpaired) electrons. The number of nitrogens with two attached hydrogens (primary N) is 1. The van der Waals surface area contributed by atoms with Crippen LogP contribution in [0.4, 0.5) is 10.2 Å². The van der Waals surface area contributed by atoms with Crippen LogP contribution in [0.25, 0.3) is 11.1 Å². The van der Waals surface area contributed by atoms with Crippen LogP contribution in [0.5, 0.6) is 0 Å². The molecule has 4 heteroatoms. The van der Waals surface area contributed by atoms with Crippen molar-refractivity contribution < 1.29 is 4.39 Å². The minimum atomic E-state index is -0.244. The van der Waals surface area contributed by atoms with Crippen LogP contribution in [0.15, 0.2) is 24.3 Å². The maximum absolute atomic E-state index is 13.4. The van der Waals surface area contributed by atoms with Gasteiger partial charge in [0, 0.05) is 17.2 Å². The van der Waals surface area contributed by atoms with Gasteiger partial charge in [-0.25, -0.2) is 4.39 Å². The van der Waals surface area contributed by atoms with Crippen LogP contribution in [-0.4, -0.2) is 10.2 Å². The van der Waals surface area contributed by atoms with Crippen LogP contribution in [0.1, 0.15) is 44.2 Å². The summed E-state index contributed by atoms with van der Waals surface area (Å²) in [5, 5.41) is 7.23. The van der Waals surface area contributed by atoms with E-state index in [1.54, 1.807) is 6.07 Å². The summed E-state index contributed by atoms with van der Waals surface area (Å²) in [6.07, 6.45) is 4.74. The van der Waals surface area contributed by atoms with Gasteiger partial charge in [0.1, 0.15) is 5.82 Å². The van der Waals surface area contributed by atoms with Crippen LogP contribution in [-0.2, 0) is 0 Å². The molecule has 3 rings (SSSR count). The minimum absolute atomic E-state index is 0.244. The Labute approximate surface area is 118 Å². The van der Waals surface area contributed by atoms with E-state index in [1.165, 1.54) is 25.0 Å². The van der Waals surface area contributed by atoms with Gasteiger partial charge in [-0.1, -0.05) is 31.9 Å². The summed E-state index contributed by atoms with van der Waals surface area (Å²) in [7, 11) is 0. The van der Waals surface area contributed by atoms with Crippen LogP contribution in [0, 0.1) is 11.7 Å². The van der Waals surface area contributed by atoms with Crippen LogP contribution < -0.4 is 5.73 Å². The fourth-order valence-electron chi connectivity index (χ4n) is 3.16. The van der Waals surface area contributed by atoms with Gasteiger partial charge in [0.25, 0.3) is 0 Å². The van der Waals surface area contributed by atoms with Crippen molar-refractivity contribution in [3.05, 3.63) is 35.8 Å². The molecule has 20 heavy (non-hydrogen) atoms. The number of aromatic amines is 1. The Bertz CT molecular complexity index is 598. The van der Waals surface area contributed by atoms with Gasteiger partial charge in [0.05, 0.1) is 0 Å². The van der Waals surface area contributed by atoms with Crippen molar-refractivity contribution in [2.75, 3.05) is 5.73 Å². The Hall–Kier alpha value is -1.84. The Morgan fingerprint density at radius 2 is 2.00 bits per heavy atom. The van der Waals surface area contributed by atoms with E-state index in [2.05, 4.69) is 17.1 Å². The average molecular weight is 273 g/mol. The summed E-state index contributed by atoms with van der Waals surface area (Å²) in [6, 6.07) is 6.57. The van der Waals surface area contributed by atoms with Crippen molar-refractivity contribution in [2.24, 2.45) is 5.92 Å². The second-order valence-corrected chi connectivity index (χ2v) is 5.86. The average Bonchev–Trinajstić information content (AvgIpc) is 2.81. The number of nitrogen functional groups attached to an aromatic ring is 1. The zero-order chi connectivity index (χ0) is 14.1. The maximum atomic E-state index is 13.4. The summed E-state index contributed by atoms with van der Waals surface area (Å²) in [4.78, 5) is 0. The van der Waals surface area contributed by atoms with E-state index in [9.17, 15) is 4.39 Å². The highest BCUT2D eigenvalue weighted by atomic mass is 19.1. The number of hydrogen-bond donors (Lipinski definition) is 2. The van der Waals surface area contributed by atoms with Crippen molar-refractivity contribution in [1.82, 2.24) is 10.2 Å². The lowest BCUT2D eigenvalue weighted by Gasteiger charge is -2.26. The van der Waals surface area contributed by atoms with Crippen molar-refractivity contribution in [3.8, 4) is 11.1 Å². The molecule has 0 unspecified atom stereocenters. The van der Waals surface area contributed by atoms with Crippen LogP contribution >= 0.6 is 0 Å². The molecule has 0 amide bonds. The van der Waals surface area contributed by atoms with Crippen molar-refractivity contribution in [3.63, 3.8) is 0 Å². The number of benzene rings is 1. The fraction of sp³-hybridized carbons (Fsp3) is 0.438. The molecule has 3 N–H and O–H groups in total. The van der Waals surface area contributed by atoms with Gasteiger partial charge >= 0.3 is 0 Å². The van der Waals surface area contributed by atoms with E-state index < -0.39 is 0 Å². The molecule has 0 atom stereocenters. The molecule has 1 heterocycles. The molecule has 0 spiro atoms. The van der Waals surface area contributed by atoms with Gasteiger partial charge in [-0.2, -0.15) is 5.10 Å². The van der Waals surface area contributed by atoms with Crippen molar-refractivity contribution in [1.29, 1.82) is 0 Å². The molecular formula is C16H20FN3. The second kappa shape index (κ2) is 5.27. The molecular weight excluding hydrogens is 253 g/mol. The molecule has 1 fully saturated rings. The lowest BCUT2D eigenvalue weighted by atomic mass is 9.80. The normalized spacial score (nSPS) is 22.9. The largest absolute Gasteiger partial charge is 0.382 e. The number of aromatic nitrogens is 2. The van der Waals surface area contributed by atoms with E-state index in [-0.39, 0.29) is 5.82 Å². The number of hydrogen-bond acceptors (Lipinski definition) is 2. The van der Waals surface area contributed by atoms with Gasteiger partial charge in [0.15, 0.2) is 5.82 Å². The van der Waals surface area contributed by atoms with E-state index in [0.717, 1.165) is 35.6 Å². The topological polar surface area (TPSA) is 54.7 Å². The monoisotopic (exact) mass is 273 g/mol. The van der Waals surface area contributed by atoms with E-state index in [1.807, 2.05) is 6.07 Å². The maximum Gasteiger partial charge on any atom is 0.153 e. The Kier molecular flexibility index (Phi) is 3.47. The van der Waals surface area contributed by atoms with Gasteiger partial charge in [-0.05, 0) is 36.5 Å². The summed E-state index contributed by atoms with van der Waals surface area (Å²) in [5.41, 5.74) is 8.75. The molecule has 1 aromatic carbocycles. The third kappa shape index (κ3) is 2.42. The van der Waals surface area contributed by atoms with Gasteiger partial charge in [-0.15, -0.1) is 0 Å². The molecule has 0 bridgehead atoms. The summed E-state index contributed by atoms with van der Waals surface area (Å²) in [6.45, 7) is 2.30. The second-order valence-electron chi connectivity index (χ2n) is 5.86. The molecule has 1 aliphatic rings. The highest BCUT2D eigenvalue weighted by molar-refractivity contribution is 5.76. The number of nitrogens with one attached hydrogen (secondary N) is 1. The number of rotatable bonds is 2. The lowest BCUT2D eigenvalue weighted by Crippen LogP contribution is -2.12. The highest BCUT2D eigenvalue weighted by Crippen LogP contribution is 2.40. The molecule has 0 saturated heterocycles. The predicted molar refractivity (Wildman–Crippen MR) is 78.8 cm³/mol. The van der Waals surface area contributed by atoms with Gasteiger partial charge in [0.2, 0.25) is 0 Å². The van der Waals surface area contributed by atoms with Crippen LogP contribution in [0.3, 0.4) is 0 Å². The lowest BCUT2D eigenvalue weighted by molar-refractivity contribution is 0.344. The number of anilines is 1. The summed E-state index contributed by atoms with van der Waals surface area (Å²) in [5.74, 6) is 1.47. The number of halogens is 1. The van der Waals surface area contributed by atoms with E-state index in [4.69, 9.17) is 5.73 Å². The van der Waals surface area contributed by atoms with Gasteiger partial charge in [-0.3, -0.25) is 5.10 Å². The first kappa shape index (κ1) is 13.2. The standard InChI is InChI=1S/C16H20FN3/c1-10-5-7-11(8-6-10)15-14(16(18)20-19-15)12-3-2-4-13(17)9-12/h2-4,9-11H,5-8H2,1H3,(H3,18,19,20). The molecule has 0 aliphatic heterocycles. The first-order valence-corrected chi connectivity index (χ1v) is 7.25. The minimum Gasteiger partial charge on any atom is -0.382 e. The molecule has 1 saturated carbocycles. The quantitative estimate of drug-likeness (QED) is 0.865. The number of H-pyrrole nitrogens is 1. The molecule has 1 aromatic heterocycles. The highest BCUT2D eigenvalue weighted by Gasteiger charge is 2.25. The zero-order valence-electron chi connectivity index (χ0n) is 11.7. The first-order valence-electron chi connectivity index (χ1n) is 7.25. The smallest absolute Gasteiger partial charge is 0.153 e. The fourth-order valence-corrected chi connectivity index (χ4v) is 3.16. The molecule has 3 nitrogen and oxygen atoms in total. The Morgan fingerprint density at radius 3 is 2.70 bits per heavy atom.